The smallest absolute Gasteiger partial charge is 0.267 e. The van der Waals surface area contributed by atoms with Crippen molar-refractivity contribution in [3.8, 4) is 0 Å². The van der Waals surface area contributed by atoms with Crippen molar-refractivity contribution in [3.05, 3.63) is 64.0 Å². The average molecular weight is 470 g/mol. The molecule has 1 aromatic heterocycles. The molecule has 4 N–H and O–H groups in total. The Kier molecular flexibility index (Phi) is 7.45. The minimum atomic E-state index is -0.265. The fourth-order valence-corrected chi connectivity index (χ4v) is 5.84. The summed E-state index contributed by atoms with van der Waals surface area (Å²) < 4.78 is 0.968. The summed E-state index contributed by atoms with van der Waals surface area (Å²) in [6.07, 6.45) is 4.80. The third-order valence-corrected chi connectivity index (χ3v) is 7.84. The van der Waals surface area contributed by atoms with E-state index in [9.17, 15) is 9.59 Å². The Labute approximate surface area is 197 Å². The Hall–Kier alpha value is -2.41. The fraction of sp³-hybridized carbons (Fsp3) is 0.360. The molecule has 2 atom stereocenters. The van der Waals surface area contributed by atoms with Gasteiger partial charge in [-0.05, 0) is 55.3 Å². The maximum atomic E-state index is 12.9. The lowest BCUT2D eigenvalue weighted by Crippen LogP contribution is -2.34. The average Bonchev–Trinajstić information content (AvgIpc) is 3.16. The van der Waals surface area contributed by atoms with Gasteiger partial charge in [-0.2, -0.15) is 0 Å². The number of hydrogen-bond acceptors (Lipinski definition) is 4. The summed E-state index contributed by atoms with van der Waals surface area (Å²) in [6, 6.07) is 15.1. The van der Waals surface area contributed by atoms with Gasteiger partial charge in [0.05, 0.1) is 11.4 Å². The van der Waals surface area contributed by atoms with Crippen LogP contribution in [0.3, 0.4) is 0 Å². The van der Waals surface area contributed by atoms with E-state index in [1.807, 2.05) is 48.5 Å². The molecule has 1 fully saturated rings. The van der Waals surface area contributed by atoms with Crippen LogP contribution in [0.4, 0.5) is 5.69 Å². The molecule has 1 aliphatic rings. The van der Waals surface area contributed by atoms with Crippen LogP contribution in [0, 0.1) is 11.8 Å². The number of amides is 2. The van der Waals surface area contributed by atoms with Crippen LogP contribution in [0.1, 0.15) is 40.9 Å². The fourth-order valence-electron chi connectivity index (χ4n) is 4.43. The summed E-state index contributed by atoms with van der Waals surface area (Å²) >= 11 is 7.82. The molecule has 0 bridgehead atoms. The molecule has 3 aromatic rings. The summed E-state index contributed by atoms with van der Waals surface area (Å²) in [4.78, 5) is 26.0. The third kappa shape index (κ3) is 5.31. The number of nitrogens with two attached hydrogens (primary N) is 1. The summed E-state index contributed by atoms with van der Waals surface area (Å²) in [7, 11) is 0. The number of rotatable bonds is 7. The summed E-state index contributed by atoms with van der Waals surface area (Å²) in [5.74, 6) is 0.758. The molecule has 1 aliphatic carbocycles. The molecule has 7 heteroatoms. The number of halogens is 1. The quantitative estimate of drug-likeness (QED) is 0.443. The number of anilines is 1. The molecule has 0 spiro atoms. The number of thiophene rings is 1. The van der Waals surface area contributed by atoms with Crippen LogP contribution < -0.4 is 16.4 Å². The maximum Gasteiger partial charge on any atom is 0.267 e. The predicted octanol–water partition coefficient (Wildman–Crippen LogP) is 5.23. The molecule has 2 amide bonds. The van der Waals surface area contributed by atoms with Crippen molar-refractivity contribution in [2.45, 2.75) is 32.1 Å². The highest BCUT2D eigenvalue weighted by atomic mass is 35.5. The van der Waals surface area contributed by atoms with Gasteiger partial charge in [0.15, 0.2) is 0 Å². The van der Waals surface area contributed by atoms with E-state index in [-0.39, 0.29) is 18.2 Å². The molecule has 1 saturated carbocycles. The highest BCUT2D eigenvalue weighted by Gasteiger charge is 2.22. The van der Waals surface area contributed by atoms with Gasteiger partial charge in [0.2, 0.25) is 5.91 Å². The van der Waals surface area contributed by atoms with Crippen LogP contribution >= 0.6 is 22.9 Å². The van der Waals surface area contributed by atoms with E-state index in [0.29, 0.717) is 34.0 Å². The zero-order valence-electron chi connectivity index (χ0n) is 17.9. The number of hydrogen-bond donors (Lipinski definition) is 3. The van der Waals surface area contributed by atoms with Crippen LogP contribution in [0.5, 0.6) is 0 Å². The van der Waals surface area contributed by atoms with E-state index in [0.717, 1.165) is 35.0 Å². The van der Waals surface area contributed by atoms with Crippen molar-refractivity contribution < 1.29 is 9.59 Å². The van der Waals surface area contributed by atoms with Gasteiger partial charge in [-0.3, -0.25) is 9.59 Å². The Balaban J connectivity index is 1.39. The van der Waals surface area contributed by atoms with Gasteiger partial charge in [0, 0.05) is 22.3 Å². The Morgan fingerprint density at radius 1 is 1.06 bits per heavy atom. The van der Waals surface area contributed by atoms with Crippen molar-refractivity contribution in [2.75, 3.05) is 18.4 Å². The van der Waals surface area contributed by atoms with Crippen molar-refractivity contribution in [3.63, 3.8) is 0 Å². The summed E-state index contributed by atoms with van der Waals surface area (Å²) in [6.45, 7) is 1.41. The maximum absolute atomic E-state index is 12.9. The van der Waals surface area contributed by atoms with Crippen molar-refractivity contribution in [1.82, 2.24) is 5.32 Å². The largest absolute Gasteiger partial charge is 0.356 e. The number of para-hydroxylation sites is 1. The zero-order valence-corrected chi connectivity index (χ0v) is 19.5. The molecule has 5 nitrogen and oxygen atoms in total. The first-order chi connectivity index (χ1) is 15.5. The molecule has 1 heterocycles. The lowest BCUT2D eigenvalue weighted by atomic mass is 9.81. The van der Waals surface area contributed by atoms with Gasteiger partial charge >= 0.3 is 0 Å². The molecule has 0 aliphatic heterocycles. The van der Waals surface area contributed by atoms with Gasteiger partial charge in [-0.15, -0.1) is 11.3 Å². The normalized spacial score (nSPS) is 18.4. The highest BCUT2D eigenvalue weighted by molar-refractivity contribution is 7.21. The van der Waals surface area contributed by atoms with Gasteiger partial charge in [0.1, 0.15) is 4.88 Å². The number of benzene rings is 2. The zero-order chi connectivity index (χ0) is 22.5. The molecule has 2 aromatic carbocycles. The first-order valence-electron chi connectivity index (χ1n) is 11.1. The number of fused-ring (bicyclic) bond motifs is 1. The highest BCUT2D eigenvalue weighted by Crippen LogP contribution is 2.35. The molecule has 0 radical (unpaired) electrons. The number of carbonyl (C=O) groups is 2. The molecular formula is C25H28ClN3O2S. The van der Waals surface area contributed by atoms with E-state index in [1.54, 1.807) is 0 Å². The van der Waals surface area contributed by atoms with Gasteiger partial charge < -0.3 is 16.4 Å². The Bertz CT molecular complexity index is 1110. The van der Waals surface area contributed by atoms with Crippen LogP contribution in [0.2, 0.25) is 5.02 Å². The van der Waals surface area contributed by atoms with Crippen molar-refractivity contribution >= 4 is 50.5 Å². The second kappa shape index (κ2) is 10.5. The van der Waals surface area contributed by atoms with Crippen LogP contribution in [-0.2, 0) is 11.2 Å². The summed E-state index contributed by atoms with van der Waals surface area (Å²) in [5.41, 5.74) is 7.23. The standard InChI is InChI=1S/C25H28ClN3O2S/c26-23-19-9-2-4-11-21(19)32-24(23)25(31)29-20-10-3-1-8-18(20)13-22(30)28-15-17-7-5-6-16(12-17)14-27/h1-4,8-11,16-17H,5-7,12-15,27H2,(H,28,30)(H,29,31). The summed E-state index contributed by atoms with van der Waals surface area (Å²) in [5, 5.41) is 7.35. The lowest BCUT2D eigenvalue weighted by molar-refractivity contribution is -0.120. The predicted molar refractivity (Wildman–Crippen MR) is 132 cm³/mol. The van der Waals surface area contributed by atoms with Crippen LogP contribution in [0.15, 0.2) is 48.5 Å². The van der Waals surface area contributed by atoms with E-state index in [2.05, 4.69) is 10.6 Å². The SMILES string of the molecule is NCC1CCCC(CNC(=O)Cc2ccccc2NC(=O)c2sc3ccccc3c2Cl)C1. The number of nitrogens with one attached hydrogen (secondary N) is 2. The molecule has 168 valence electrons. The molecule has 0 saturated heterocycles. The van der Waals surface area contributed by atoms with E-state index in [1.165, 1.54) is 24.2 Å². The second-order valence-corrected chi connectivity index (χ2v) is 9.90. The molecule has 2 unspecified atom stereocenters. The van der Waals surface area contributed by atoms with Gasteiger partial charge in [0.25, 0.3) is 5.91 Å². The second-order valence-electron chi connectivity index (χ2n) is 8.47. The third-order valence-electron chi connectivity index (χ3n) is 6.17. The first-order valence-corrected chi connectivity index (χ1v) is 12.3. The minimum absolute atomic E-state index is 0.0403. The van der Waals surface area contributed by atoms with Crippen LogP contribution in [-0.4, -0.2) is 24.9 Å². The van der Waals surface area contributed by atoms with Gasteiger partial charge in [-0.1, -0.05) is 54.4 Å². The number of carbonyl (C=O) groups excluding carboxylic acids is 2. The molecule has 4 rings (SSSR count). The Morgan fingerprint density at radius 3 is 2.62 bits per heavy atom. The van der Waals surface area contributed by atoms with Crippen molar-refractivity contribution in [2.24, 2.45) is 17.6 Å². The lowest BCUT2D eigenvalue weighted by Gasteiger charge is -2.28. The minimum Gasteiger partial charge on any atom is -0.356 e. The molecular weight excluding hydrogens is 442 g/mol. The van der Waals surface area contributed by atoms with Crippen molar-refractivity contribution in [1.29, 1.82) is 0 Å². The van der Waals surface area contributed by atoms with Gasteiger partial charge in [-0.25, -0.2) is 0 Å². The molecule has 32 heavy (non-hydrogen) atoms. The topological polar surface area (TPSA) is 84.2 Å². The Morgan fingerprint density at radius 2 is 1.81 bits per heavy atom. The van der Waals surface area contributed by atoms with E-state index >= 15 is 0 Å². The monoisotopic (exact) mass is 469 g/mol. The first kappa shape index (κ1) is 22.8. The van der Waals surface area contributed by atoms with E-state index in [4.69, 9.17) is 17.3 Å². The van der Waals surface area contributed by atoms with E-state index < -0.39 is 0 Å². The van der Waals surface area contributed by atoms with Crippen LogP contribution in [0.25, 0.3) is 10.1 Å².